The van der Waals surface area contributed by atoms with E-state index in [0.717, 1.165) is 5.69 Å². The Morgan fingerprint density at radius 3 is 2.86 bits per heavy atom. The molecule has 0 unspecified atom stereocenters. The molecule has 4 heteroatoms. The maximum absolute atomic E-state index is 10.5. The predicted molar refractivity (Wildman–Crippen MR) is 58.6 cm³/mol. The summed E-state index contributed by atoms with van der Waals surface area (Å²) in [7, 11) is 0. The van der Waals surface area contributed by atoms with E-state index in [1.54, 1.807) is 0 Å². The second-order valence-corrected chi connectivity index (χ2v) is 3.36. The van der Waals surface area contributed by atoms with Gasteiger partial charge in [-0.05, 0) is 18.2 Å². The monoisotopic (exact) mass is 212 g/mol. The average molecular weight is 213 g/mol. The van der Waals surface area contributed by atoms with Crippen molar-refractivity contribution in [1.29, 1.82) is 0 Å². The molecule has 1 rings (SSSR count). The molecule has 0 aliphatic heterocycles. The van der Waals surface area contributed by atoms with Crippen LogP contribution in [0.25, 0.3) is 0 Å². The van der Waals surface area contributed by atoms with Gasteiger partial charge >= 0.3 is 0 Å². The number of nitrogens with one attached hydrogen (secondary N) is 2. The second-order valence-electron chi connectivity index (χ2n) is 2.92. The molecule has 2 N–H and O–H groups in total. The molecule has 0 saturated heterocycles. The van der Waals surface area contributed by atoms with Gasteiger partial charge in [-0.3, -0.25) is 4.79 Å². The van der Waals surface area contributed by atoms with Crippen LogP contribution in [0.15, 0.2) is 24.3 Å². The van der Waals surface area contributed by atoms with Crippen LogP contribution in [0.3, 0.4) is 0 Å². The number of rotatable bonds is 4. The smallest absolute Gasteiger partial charge is 0.216 e. The largest absolute Gasteiger partial charge is 0.383 e. The Hall–Kier alpha value is -1.22. The van der Waals surface area contributed by atoms with E-state index in [1.165, 1.54) is 6.92 Å². The van der Waals surface area contributed by atoms with Gasteiger partial charge < -0.3 is 10.6 Å². The number of carbonyl (C=O) groups excluding carboxylic acids is 1. The van der Waals surface area contributed by atoms with Gasteiger partial charge in [0.05, 0.1) is 0 Å². The van der Waals surface area contributed by atoms with Gasteiger partial charge in [-0.15, -0.1) is 0 Å². The molecule has 1 aromatic carbocycles. The maximum atomic E-state index is 10.5. The Morgan fingerprint density at radius 1 is 1.43 bits per heavy atom. The van der Waals surface area contributed by atoms with Crippen molar-refractivity contribution in [3.05, 3.63) is 29.3 Å². The molecule has 0 aromatic heterocycles. The fraction of sp³-hybridized carbons (Fsp3) is 0.300. The normalized spacial score (nSPS) is 9.57. The maximum Gasteiger partial charge on any atom is 0.216 e. The molecule has 1 amide bonds. The van der Waals surface area contributed by atoms with Crippen LogP contribution in [0.5, 0.6) is 0 Å². The van der Waals surface area contributed by atoms with Crippen molar-refractivity contribution in [2.45, 2.75) is 6.92 Å². The van der Waals surface area contributed by atoms with E-state index in [2.05, 4.69) is 10.6 Å². The lowest BCUT2D eigenvalue weighted by Gasteiger charge is -2.06. The zero-order chi connectivity index (χ0) is 10.4. The average Bonchev–Trinajstić information content (AvgIpc) is 2.12. The number of hydrogen-bond acceptors (Lipinski definition) is 2. The first-order valence-corrected chi connectivity index (χ1v) is 4.80. The molecule has 0 saturated carbocycles. The van der Waals surface area contributed by atoms with Gasteiger partial charge in [0.25, 0.3) is 0 Å². The molecule has 0 spiro atoms. The van der Waals surface area contributed by atoms with Crippen LogP contribution >= 0.6 is 11.6 Å². The minimum Gasteiger partial charge on any atom is -0.383 e. The molecular weight excluding hydrogens is 200 g/mol. The van der Waals surface area contributed by atoms with Crippen LogP contribution in [0.1, 0.15) is 6.92 Å². The Kier molecular flexibility index (Phi) is 4.26. The molecule has 0 aliphatic rings. The minimum atomic E-state index is -0.0158. The Balaban J connectivity index is 2.28. The summed E-state index contributed by atoms with van der Waals surface area (Å²) in [5.74, 6) is -0.0158. The summed E-state index contributed by atoms with van der Waals surface area (Å²) >= 11 is 5.80. The van der Waals surface area contributed by atoms with Crippen LogP contribution in [-0.4, -0.2) is 19.0 Å². The summed E-state index contributed by atoms with van der Waals surface area (Å²) in [5, 5.41) is 6.54. The molecule has 0 aliphatic carbocycles. The number of benzene rings is 1. The lowest BCUT2D eigenvalue weighted by molar-refractivity contribution is -0.118. The molecule has 0 bridgehead atoms. The third-order valence-corrected chi connectivity index (χ3v) is 1.89. The lowest BCUT2D eigenvalue weighted by Crippen LogP contribution is -2.26. The van der Waals surface area contributed by atoms with Gasteiger partial charge in [-0.25, -0.2) is 0 Å². The number of amides is 1. The molecular formula is C10H13ClN2O. The fourth-order valence-electron chi connectivity index (χ4n) is 1.04. The van der Waals surface area contributed by atoms with E-state index in [1.807, 2.05) is 24.3 Å². The van der Waals surface area contributed by atoms with E-state index in [-0.39, 0.29) is 5.91 Å². The van der Waals surface area contributed by atoms with Gasteiger partial charge in [0, 0.05) is 30.7 Å². The summed E-state index contributed by atoms with van der Waals surface area (Å²) in [5.41, 5.74) is 0.961. The zero-order valence-corrected chi connectivity index (χ0v) is 8.77. The van der Waals surface area contributed by atoms with Gasteiger partial charge in [-0.1, -0.05) is 17.7 Å². The first-order valence-electron chi connectivity index (χ1n) is 4.42. The first kappa shape index (κ1) is 10.9. The first-order chi connectivity index (χ1) is 6.68. The number of hydrogen-bond donors (Lipinski definition) is 2. The molecule has 0 heterocycles. The van der Waals surface area contributed by atoms with Crippen LogP contribution in [0.4, 0.5) is 5.69 Å². The van der Waals surface area contributed by atoms with Crippen molar-refractivity contribution in [1.82, 2.24) is 5.32 Å². The van der Waals surface area contributed by atoms with Crippen molar-refractivity contribution < 1.29 is 4.79 Å². The fourth-order valence-corrected chi connectivity index (χ4v) is 1.23. The summed E-state index contributed by atoms with van der Waals surface area (Å²) in [4.78, 5) is 10.5. The second kappa shape index (κ2) is 5.50. The molecule has 14 heavy (non-hydrogen) atoms. The summed E-state index contributed by atoms with van der Waals surface area (Å²) < 4.78 is 0. The standard InChI is InChI=1S/C10H13ClN2O/c1-8(14)12-5-6-13-10-4-2-3-9(11)7-10/h2-4,7,13H,5-6H2,1H3,(H,12,14). The topological polar surface area (TPSA) is 41.1 Å². The highest BCUT2D eigenvalue weighted by atomic mass is 35.5. The van der Waals surface area contributed by atoms with Crippen LogP contribution in [0.2, 0.25) is 5.02 Å². The van der Waals surface area contributed by atoms with E-state index in [4.69, 9.17) is 11.6 Å². The van der Waals surface area contributed by atoms with Gasteiger partial charge in [-0.2, -0.15) is 0 Å². The molecule has 0 radical (unpaired) electrons. The van der Waals surface area contributed by atoms with Crippen molar-refractivity contribution in [2.75, 3.05) is 18.4 Å². The van der Waals surface area contributed by atoms with E-state index in [0.29, 0.717) is 18.1 Å². The van der Waals surface area contributed by atoms with E-state index < -0.39 is 0 Å². The van der Waals surface area contributed by atoms with Crippen LogP contribution in [-0.2, 0) is 4.79 Å². The van der Waals surface area contributed by atoms with Gasteiger partial charge in [0.1, 0.15) is 0 Å². The summed E-state index contributed by atoms with van der Waals surface area (Å²) in [6.45, 7) is 2.81. The Morgan fingerprint density at radius 2 is 2.21 bits per heavy atom. The zero-order valence-electron chi connectivity index (χ0n) is 8.01. The summed E-state index contributed by atoms with van der Waals surface area (Å²) in [6, 6.07) is 7.47. The highest BCUT2D eigenvalue weighted by Crippen LogP contribution is 2.14. The van der Waals surface area contributed by atoms with E-state index in [9.17, 15) is 4.79 Å². The molecule has 76 valence electrons. The molecule has 0 fully saturated rings. The van der Waals surface area contributed by atoms with Gasteiger partial charge in [0.2, 0.25) is 5.91 Å². The SMILES string of the molecule is CC(=O)NCCNc1cccc(Cl)c1. The predicted octanol–water partition coefficient (Wildman–Crippen LogP) is 1.89. The minimum absolute atomic E-state index is 0.0158. The Labute approximate surface area is 88.5 Å². The van der Waals surface area contributed by atoms with Crippen LogP contribution < -0.4 is 10.6 Å². The van der Waals surface area contributed by atoms with Crippen molar-refractivity contribution in [3.8, 4) is 0 Å². The quantitative estimate of drug-likeness (QED) is 0.749. The number of halogens is 1. The third kappa shape index (κ3) is 4.14. The Bertz CT molecular complexity index is 315. The molecule has 1 aromatic rings. The van der Waals surface area contributed by atoms with Crippen molar-refractivity contribution in [2.24, 2.45) is 0 Å². The molecule has 0 atom stereocenters. The highest BCUT2D eigenvalue weighted by Gasteiger charge is 1.93. The van der Waals surface area contributed by atoms with Crippen molar-refractivity contribution in [3.63, 3.8) is 0 Å². The van der Waals surface area contributed by atoms with E-state index >= 15 is 0 Å². The third-order valence-electron chi connectivity index (χ3n) is 1.65. The number of carbonyl (C=O) groups is 1. The molecule has 3 nitrogen and oxygen atoms in total. The highest BCUT2D eigenvalue weighted by molar-refractivity contribution is 6.30. The van der Waals surface area contributed by atoms with Crippen molar-refractivity contribution >= 4 is 23.2 Å². The lowest BCUT2D eigenvalue weighted by atomic mass is 10.3. The number of anilines is 1. The summed E-state index contributed by atoms with van der Waals surface area (Å²) in [6.07, 6.45) is 0. The van der Waals surface area contributed by atoms with Crippen LogP contribution in [0, 0.1) is 0 Å². The van der Waals surface area contributed by atoms with Gasteiger partial charge in [0.15, 0.2) is 0 Å².